The fraction of sp³-hybridized carbons (Fsp3) is 0.833. The van der Waals surface area contributed by atoms with E-state index in [9.17, 15) is 18.6 Å². The van der Waals surface area contributed by atoms with Crippen LogP contribution in [0.25, 0.3) is 0 Å². The normalized spacial score (nSPS) is 21.0. The van der Waals surface area contributed by atoms with Crippen molar-refractivity contribution in [2.24, 2.45) is 0 Å². The van der Waals surface area contributed by atoms with E-state index in [1.165, 1.54) is 89.5 Å². The van der Waals surface area contributed by atoms with E-state index in [-0.39, 0.29) is 51.4 Å². The van der Waals surface area contributed by atoms with Gasteiger partial charge >= 0.3 is 61.5 Å². The van der Waals surface area contributed by atoms with E-state index in [2.05, 4.69) is 6.92 Å². The third-order valence-corrected chi connectivity index (χ3v) is 7.10. The van der Waals surface area contributed by atoms with Gasteiger partial charge < -0.3 is 10.2 Å². The fourth-order valence-electron chi connectivity index (χ4n) is 4.01. The molecule has 1 aliphatic carbocycles. The van der Waals surface area contributed by atoms with Gasteiger partial charge in [-0.15, -0.1) is 0 Å². The monoisotopic (exact) mass is 483 g/mol. The molecule has 5 nitrogen and oxygen atoms in total. The Morgan fingerprint density at radius 3 is 1.58 bits per heavy atom. The van der Waals surface area contributed by atoms with Gasteiger partial charge in [0.2, 0.25) is 4.93 Å². The van der Waals surface area contributed by atoms with Crippen LogP contribution in [0.4, 0.5) is 0 Å². The zero-order valence-corrected chi connectivity index (χ0v) is 23.8. The van der Waals surface area contributed by atoms with Gasteiger partial charge in [-0.2, -0.15) is 8.42 Å². The van der Waals surface area contributed by atoms with E-state index >= 15 is 0 Å². The second-order valence-corrected chi connectivity index (χ2v) is 10.4. The van der Waals surface area contributed by atoms with Gasteiger partial charge in [-0.3, -0.25) is 4.55 Å². The maximum Gasteiger partial charge on any atom is 1.00 e. The van der Waals surface area contributed by atoms with E-state index in [1.54, 1.807) is 0 Å². The second kappa shape index (κ2) is 18.3. The Hall–Kier alpha value is 0.946. The number of aliphatic hydroxyl groups is 2. The number of aliphatic hydroxyl groups excluding tert-OH is 1. The third-order valence-electron chi connectivity index (χ3n) is 6.02. The molecule has 7 heteroatoms. The maximum atomic E-state index is 11.3. The minimum atomic E-state index is -4.66. The van der Waals surface area contributed by atoms with Gasteiger partial charge in [-0.05, 0) is 30.6 Å². The van der Waals surface area contributed by atoms with Gasteiger partial charge in [0.15, 0.2) is 0 Å². The first-order valence-corrected chi connectivity index (χ1v) is 13.5. The van der Waals surface area contributed by atoms with Gasteiger partial charge in [-0.1, -0.05) is 109 Å². The molecular weight excluding hydrogens is 439 g/mol. The first-order valence-electron chi connectivity index (χ1n) is 12.1. The van der Waals surface area contributed by atoms with Crippen molar-refractivity contribution in [2.45, 2.75) is 127 Å². The van der Waals surface area contributed by atoms with Gasteiger partial charge in [0.05, 0.1) is 6.10 Å². The van der Waals surface area contributed by atoms with Crippen molar-refractivity contribution in [3.05, 3.63) is 23.8 Å². The molecule has 3 N–H and O–H groups in total. The average Bonchev–Trinajstić information content (AvgIpc) is 2.69. The summed E-state index contributed by atoms with van der Waals surface area (Å²) in [7, 11) is -4.66. The van der Waals surface area contributed by atoms with Crippen LogP contribution < -0.4 is 51.4 Å². The Balaban J connectivity index is 0.00000900. The predicted molar refractivity (Wildman–Crippen MR) is 124 cm³/mol. The smallest absolute Gasteiger partial charge is 0.385 e. The van der Waals surface area contributed by atoms with Crippen LogP contribution in [0.15, 0.2) is 23.8 Å². The molecule has 0 saturated heterocycles. The van der Waals surface area contributed by atoms with Crippen molar-refractivity contribution in [3.8, 4) is 0 Å². The van der Waals surface area contributed by atoms with E-state index < -0.39 is 21.2 Å². The summed E-state index contributed by atoms with van der Waals surface area (Å²) < 4.78 is 31.8. The SMILES string of the molecule is CCCCCCCCCCCCCCCCCCC1=CC(O)(S(=O)(=O)O)C=CC1O.[K+]. The summed E-state index contributed by atoms with van der Waals surface area (Å²) in [6.45, 7) is 2.26. The summed E-state index contributed by atoms with van der Waals surface area (Å²) in [5.41, 5.74) is 0.447. The summed E-state index contributed by atoms with van der Waals surface area (Å²) in [6.07, 6.45) is 23.3. The Morgan fingerprint density at radius 1 is 0.806 bits per heavy atom. The van der Waals surface area contributed by atoms with Crippen LogP contribution in [-0.2, 0) is 10.1 Å². The van der Waals surface area contributed by atoms with Crippen LogP contribution in [0.5, 0.6) is 0 Å². The Kier molecular flexibility index (Phi) is 18.9. The number of hydrogen-bond donors (Lipinski definition) is 3. The second-order valence-electron chi connectivity index (χ2n) is 8.80. The van der Waals surface area contributed by atoms with Gasteiger partial charge in [0.1, 0.15) is 0 Å². The Labute approximate surface area is 233 Å². The van der Waals surface area contributed by atoms with Crippen molar-refractivity contribution in [1.82, 2.24) is 0 Å². The largest absolute Gasteiger partial charge is 1.00 e. The molecule has 0 aromatic carbocycles. The van der Waals surface area contributed by atoms with Gasteiger partial charge in [-0.25, -0.2) is 0 Å². The van der Waals surface area contributed by atoms with Crippen molar-refractivity contribution < 1.29 is 74.6 Å². The molecule has 0 heterocycles. The van der Waals surface area contributed by atoms with Crippen molar-refractivity contribution in [2.75, 3.05) is 0 Å². The summed E-state index contributed by atoms with van der Waals surface area (Å²) in [5.74, 6) is 0. The molecule has 1 aliphatic rings. The fourth-order valence-corrected chi connectivity index (χ4v) is 4.56. The molecule has 0 amide bonds. The Morgan fingerprint density at radius 2 is 1.19 bits per heavy atom. The molecule has 2 atom stereocenters. The topological polar surface area (TPSA) is 94.8 Å². The molecule has 0 spiro atoms. The van der Waals surface area contributed by atoms with Crippen molar-refractivity contribution in [3.63, 3.8) is 0 Å². The first-order chi connectivity index (χ1) is 14.3. The van der Waals surface area contributed by atoms with Crippen LogP contribution in [0, 0.1) is 0 Å². The van der Waals surface area contributed by atoms with E-state index in [0.717, 1.165) is 31.4 Å². The summed E-state index contributed by atoms with van der Waals surface area (Å²) in [6, 6.07) is 0. The molecule has 1 rings (SSSR count). The summed E-state index contributed by atoms with van der Waals surface area (Å²) in [4.78, 5) is -2.42. The number of unbranched alkanes of at least 4 members (excludes halogenated alkanes) is 15. The van der Waals surface area contributed by atoms with Crippen LogP contribution in [0.1, 0.15) is 116 Å². The number of rotatable bonds is 18. The molecule has 0 radical (unpaired) electrons. The van der Waals surface area contributed by atoms with Crippen LogP contribution in [0.3, 0.4) is 0 Å². The molecule has 0 aliphatic heterocycles. The van der Waals surface area contributed by atoms with E-state index in [4.69, 9.17) is 4.55 Å². The third kappa shape index (κ3) is 14.1. The molecule has 2 unspecified atom stereocenters. The van der Waals surface area contributed by atoms with Gasteiger partial charge in [0.25, 0.3) is 0 Å². The first kappa shape index (κ1) is 31.9. The van der Waals surface area contributed by atoms with E-state index in [0.29, 0.717) is 12.0 Å². The molecule has 176 valence electrons. The minimum Gasteiger partial charge on any atom is -0.385 e. The van der Waals surface area contributed by atoms with E-state index in [1.807, 2.05) is 0 Å². The van der Waals surface area contributed by atoms with Gasteiger partial charge in [0, 0.05) is 0 Å². The van der Waals surface area contributed by atoms with Crippen molar-refractivity contribution >= 4 is 10.1 Å². The number of hydrogen-bond acceptors (Lipinski definition) is 4. The molecule has 31 heavy (non-hydrogen) atoms. The molecular formula is C24H44KO5S+. The average molecular weight is 484 g/mol. The molecule has 0 bridgehead atoms. The van der Waals surface area contributed by atoms with Crippen molar-refractivity contribution in [1.29, 1.82) is 0 Å². The van der Waals surface area contributed by atoms with Crippen LogP contribution in [0.2, 0.25) is 0 Å². The maximum absolute atomic E-state index is 11.3. The predicted octanol–water partition coefficient (Wildman–Crippen LogP) is 3.08. The summed E-state index contributed by atoms with van der Waals surface area (Å²) >= 11 is 0. The van der Waals surface area contributed by atoms with Crippen LogP contribution >= 0.6 is 0 Å². The molecule has 0 aromatic heterocycles. The minimum absolute atomic E-state index is 0. The summed E-state index contributed by atoms with van der Waals surface area (Å²) in [5, 5.41) is 20.0. The zero-order chi connectivity index (χ0) is 22.3. The Bertz CT molecular complexity index is 617. The molecule has 0 aromatic rings. The van der Waals surface area contributed by atoms with Crippen LogP contribution in [-0.4, -0.2) is 34.2 Å². The quantitative estimate of drug-likeness (QED) is 0.121. The zero-order valence-electron chi connectivity index (χ0n) is 19.9. The molecule has 0 saturated carbocycles. The molecule has 0 fully saturated rings. The standard InChI is InChI=1S/C24H44O5S.K/c1-2-3-4-5-6-7-8-9-10-11-12-13-14-15-16-17-18-22-21-24(26,30(27,28)29)20-19-23(22)25;/h19-21,23,25-26H,2-18H2,1H3,(H,27,28,29);/q;+1.